The maximum atomic E-state index is 5.81. The third-order valence-corrected chi connectivity index (χ3v) is 2.49. The van der Waals surface area contributed by atoms with E-state index in [4.69, 9.17) is 19.9 Å². The smallest absolute Gasteiger partial charge is 0.215 e. The lowest BCUT2D eigenvalue weighted by Gasteiger charge is -2.23. The van der Waals surface area contributed by atoms with Crippen molar-refractivity contribution in [2.24, 2.45) is 0 Å². The molecule has 1 unspecified atom stereocenters. The summed E-state index contributed by atoms with van der Waals surface area (Å²) in [4.78, 5) is 4.22. The molecule has 1 aromatic heterocycles. The van der Waals surface area contributed by atoms with Crippen molar-refractivity contribution in [3.8, 4) is 5.88 Å². The van der Waals surface area contributed by atoms with Gasteiger partial charge in [-0.05, 0) is 6.07 Å². The van der Waals surface area contributed by atoms with Gasteiger partial charge in [0.15, 0.2) is 5.82 Å². The van der Waals surface area contributed by atoms with Crippen molar-refractivity contribution in [1.82, 2.24) is 4.98 Å². The first-order valence-corrected chi connectivity index (χ1v) is 5.53. The molecule has 17 heavy (non-hydrogen) atoms. The van der Waals surface area contributed by atoms with Crippen molar-refractivity contribution in [2.45, 2.75) is 6.10 Å². The van der Waals surface area contributed by atoms with Gasteiger partial charge in [-0.25, -0.2) is 0 Å². The molecule has 6 nitrogen and oxygen atoms in total. The lowest BCUT2D eigenvalue weighted by Crippen LogP contribution is -2.34. The summed E-state index contributed by atoms with van der Waals surface area (Å²) in [5.41, 5.74) is 6.39. The minimum Gasteiger partial charge on any atom is -0.481 e. The predicted octanol–water partition coefficient (Wildman–Crippen LogP) is 0.500. The van der Waals surface area contributed by atoms with Gasteiger partial charge in [-0.3, -0.25) is 0 Å². The van der Waals surface area contributed by atoms with E-state index in [1.807, 2.05) is 0 Å². The zero-order chi connectivity index (χ0) is 12.1. The molecule has 1 aliphatic heterocycles. The maximum absolute atomic E-state index is 5.81. The van der Waals surface area contributed by atoms with E-state index in [9.17, 15) is 0 Å². The highest BCUT2D eigenvalue weighted by Crippen LogP contribution is 2.19. The first kappa shape index (κ1) is 11.9. The SMILES string of the molecule is COc1ccc(N)c(NCC2COCCO2)n1. The highest BCUT2D eigenvalue weighted by atomic mass is 16.6. The summed E-state index contributed by atoms with van der Waals surface area (Å²) in [5, 5.41) is 3.14. The zero-order valence-corrected chi connectivity index (χ0v) is 9.81. The number of nitrogens with two attached hydrogens (primary N) is 1. The summed E-state index contributed by atoms with van der Waals surface area (Å²) in [7, 11) is 1.57. The first-order chi connectivity index (χ1) is 8.29. The summed E-state index contributed by atoms with van der Waals surface area (Å²) in [5.74, 6) is 1.14. The summed E-state index contributed by atoms with van der Waals surface area (Å²) in [6.07, 6.45) is 0.0381. The predicted molar refractivity (Wildman–Crippen MR) is 64.3 cm³/mol. The molecule has 1 saturated heterocycles. The topological polar surface area (TPSA) is 78.6 Å². The van der Waals surface area contributed by atoms with Gasteiger partial charge in [0.1, 0.15) is 0 Å². The average molecular weight is 239 g/mol. The second-order valence-corrected chi connectivity index (χ2v) is 3.74. The Kier molecular flexibility index (Phi) is 4.00. The number of rotatable bonds is 4. The van der Waals surface area contributed by atoms with E-state index in [0.29, 0.717) is 43.8 Å². The van der Waals surface area contributed by atoms with Gasteiger partial charge in [-0.15, -0.1) is 0 Å². The van der Waals surface area contributed by atoms with E-state index in [2.05, 4.69) is 10.3 Å². The van der Waals surface area contributed by atoms with E-state index in [-0.39, 0.29) is 6.10 Å². The third kappa shape index (κ3) is 3.21. The molecule has 2 heterocycles. The number of nitrogen functional groups attached to an aromatic ring is 1. The van der Waals surface area contributed by atoms with Gasteiger partial charge in [0.25, 0.3) is 0 Å². The van der Waals surface area contributed by atoms with Crippen LogP contribution in [0.2, 0.25) is 0 Å². The van der Waals surface area contributed by atoms with Crippen LogP contribution >= 0.6 is 0 Å². The number of nitrogens with one attached hydrogen (secondary N) is 1. The summed E-state index contributed by atoms with van der Waals surface area (Å²) < 4.78 is 15.9. The minimum atomic E-state index is 0.0381. The Morgan fingerprint density at radius 1 is 1.53 bits per heavy atom. The molecule has 1 aliphatic rings. The van der Waals surface area contributed by atoms with Crippen LogP contribution < -0.4 is 15.8 Å². The van der Waals surface area contributed by atoms with Gasteiger partial charge in [0.2, 0.25) is 5.88 Å². The van der Waals surface area contributed by atoms with Crippen molar-refractivity contribution < 1.29 is 14.2 Å². The molecule has 3 N–H and O–H groups in total. The minimum absolute atomic E-state index is 0.0381. The number of methoxy groups -OCH3 is 1. The first-order valence-electron chi connectivity index (χ1n) is 5.53. The molecular weight excluding hydrogens is 222 g/mol. The van der Waals surface area contributed by atoms with Crippen LogP contribution in [0.5, 0.6) is 5.88 Å². The van der Waals surface area contributed by atoms with Crippen molar-refractivity contribution in [2.75, 3.05) is 44.5 Å². The van der Waals surface area contributed by atoms with E-state index in [1.54, 1.807) is 19.2 Å². The second-order valence-electron chi connectivity index (χ2n) is 3.74. The average Bonchev–Trinajstić information content (AvgIpc) is 2.39. The molecule has 94 valence electrons. The number of aromatic nitrogens is 1. The van der Waals surface area contributed by atoms with E-state index in [1.165, 1.54) is 0 Å². The molecule has 0 amide bonds. The van der Waals surface area contributed by atoms with E-state index in [0.717, 1.165) is 0 Å². The van der Waals surface area contributed by atoms with Gasteiger partial charge < -0.3 is 25.3 Å². The third-order valence-electron chi connectivity index (χ3n) is 2.49. The summed E-state index contributed by atoms with van der Waals surface area (Å²) in [6.45, 7) is 2.50. The number of nitrogens with zero attached hydrogens (tertiary/aromatic N) is 1. The fourth-order valence-electron chi connectivity index (χ4n) is 1.57. The number of anilines is 2. The van der Waals surface area contributed by atoms with Crippen molar-refractivity contribution in [3.63, 3.8) is 0 Å². The van der Waals surface area contributed by atoms with Crippen LogP contribution in [0.1, 0.15) is 0 Å². The molecule has 0 radical (unpaired) electrons. The molecule has 0 bridgehead atoms. The normalized spacial score (nSPS) is 19.9. The Balaban J connectivity index is 1.92. The Morgan fingerprint density at radius 3 is 3.12 bits per heavy atom. The van der Waals surface area contributed by atoms with E-state index < -0.39 is 0 Å². The highest BCUT2D eigenvalue weighted by molar-refractivity contribution is 5.61. The summed E-state index contributed by atoms with van der Waals surface area (Å²) >= 11 is 0. The summed E-state index contributed by atoms with van der Waals surface area (Å²) in [6, 6.07) is 3.48. The second kappa shape index (κ2) is 5.70. The molecule has 0 aliphatic carbocycles. The Morgan fingerprint density at radius 2 is 2.41 bits per heavy atom. The Bertz CT molecular complexity index is 367. The number of pyridine rings is 1. The quantitative estimate of drug-likeness (QED) is 0.796. The Hall–Kier alpha value is -1.53. The molecule has 0 spiro atoms. The molecule has 1 fully saturated rings. The van der Waals surface area contributed by atoms with Crippen LogP contribution in [0.25, 0.3) is 0 Å². The molecular formula is C11H17N3O3. The number of hydrogen-bond acceptors (Lipinski definition) is 6. The molecule has 1 aromatic rings. The molecule has 2 rings (SSSR count). The van der Waals surface area contributed by atoms with Crippen LogP contribution in [-0.4, -0.2) is 44.6 Å². The van der Waals surface area contributed by atoms with Crippen molar-refractivity contribution >= 4 is 11.5 Å². The lowest BCUT2D eigenvalue weighted by atomic mass is 10.3. The highest BCUT2D eigenvalue weighted by Gasteiger charge is 2.14. The van der Waals surface area contributed by atoms with Gasteiger partial charge in [-0.2, -0.15) is 4.98 Å². The molecule has 0 aromatic carbocycles. The fraction of sp³-hybridized carbons (Fsp3) is 0.545. The lowest BCUT2D eigenvalue weighted by molar-refractivity contribution is -0.0819. The van der Waals surface area contributed by atoms with Gasteiger partial charge >= 0.3 is 0 Å². The van der Waals surface area contributed by atoms with E-state index >= 15 is 0 Å². The van der Waals surface area contributed by atoms with Crippen molar-refractivity contribution in [3.05, 3.63) is 12.1 Å². The van der Waals surface area contributed by atoms with Crippen LogP contribution in [0.15, 0.2) is 12.1 Å². The largest absolute Gasteiger partial charge is 0.481 e. The molecule has 6 heteroatoms. The number of hydrogen-bond donors (Lipinski definition) is 2. The van der Waals surface area contributed by atoms with Crippen LogP contribution in [-0.2, 0) is 9.47 Å². The van der Waals surface area contributed by atoms with Gasteiger partial charge in [-0.1, -0.05) is 0 Å². The molecule has 0 saturated carbocycles. The monoisotopic (exact) mass is 239 g/mol. The maximum Gasteiger partial charge on any atom is 0.215 e. The fourth-order valence-corrected chi connectivity index (χ4v) is 1.57. The van der Waals surface area contributed by atoms with Gasteiger partial charge in [0.05, 0.1) is 38.7 Å². The standard InChI is InChI=1S/C11H17N3O3/c1-15-10-3-2-9(12)11(14-10)13-6-8-7-16-4-5-17-8/h2-3,8H,4-7,12H2,1H3,(H,13,14). The van der Waals surface area contributed by atoms with Gasteiger partial charge in [0, 0.05) is 12.6 Å². The van der Waals surface area contributed by atoms with Crippen LogP contribution in [0.3, 0.4) is 0 Å². The zero-order valence-electron chi connectivity index (χ0n) is 9.81. The Labute approximate surface area is 100 Å². The molecule has 1 atom stereocenters. The van der Waals surface area contributed by atoms with Crippen molar-refractivity contribution in [1.29, 1.82) is 0 Å². The van der Waals surface area contributed by atoms with Crippen LogP contribution in [0, 0.1) is 0 Å². The number of ether oxygens (including phenoxy) is 3. The van der Waals surface area contributed by atoms with Crippen LogP contribution in [0.4, 0.5) is 11.5 Å².